The van der Waals surface area contributed by atoms with Crippen LogP contribution in [0.15, 0.2) is 0 Å². The first-order valence-corrected chi connectivity index (χ1v) is 19.3. The minimum Gasteiger partial charge on any atom is -0.394 e. The van der Waals surface area contributed by atoms with E-state index in [0.717, 1.165) is 32.1 Å². The summed E-state index contributed by atoms with van der Waals surface area (Å²) in [5, 5.41) is 33.3. The van der Waals surface area contributed by atoms with Gasteiger partial charge in [-0.2, -0.15) is 0 Å². The maximum Gasteiger partial charge on any atom is 0.220 e. The number of nitrogens with one attached hydrogen (secondary N) is 1. The van der Waals surface area contributed by atoms with Gasteiger partial charge in [-0.05, 0) is 12.8 Å². The zero-order chi connectivity index (χ0) is 31.6. The van der Waals surface area contributed by atoms with Crippen molar-refractivity contribution in [3.8, 4) is 0 Å². The molecule has 0 saturated carbocycles. The fourth-order valence-corrected chi connectivity index (χ4v) is 6.16. The molecule has 0 aromatic carbocycles. The molecule has 4 N–H and O–H groups in total. The number of aliphatic hydroxyl groups excluding tert-OH is 3. The topological polar surface area (TPSA) is 89.8 Å². The lowest BCUT2D eigenvalue weighted by atomic mass is 9.99. The molecule has 3 unspecified atom stereocenters. The average molecular weight is 612 g/mol. The van der Waals surface area contributed by atoms with Gasteiger partial charge >= 0.3 is 0 Å². The predicted octanol–water partition coefficient (Wildman–Crippen LogP) is 10.3. The number of carbonyl (C=O) groups excluding carboxylic acids is 1. The molecule has 0 aromatic heterocycles. The van der Waals surface area contributed by atoms with E-state index in [4.69, 9.17) is 0 Å². The summed E-state index contributed by atoms with van der Waals surface area (Å²) in [4.78, 5) is 12.3. The van der Waals surface area contributed by atoms with Gasteiger partial charge in [-0.25, -0.2) is 0 Å². The third kappa shape index (κ3) is 29.8. The van der Waals surface area contributed by atoms with Crippen LogP contribution in [0.5, 0.6) is 0 Å². The van der Waals surface area contributed by atoms with Crippen molar-refractivity contribution in [1.82, 2.24) is 5.32 Å². The van der Waals surface area contributed by atoms with E-state index in [-0.39, 0.29) is 12.5 Å². The van der Waals surface area contributed by atoms with Crippen molar-refractivity contribution >= 4 is 5.91 Å². The first kappa shape index (κ1) is 42.3. The Bertz CT molecular complexity index is 558. The van der Waals surface area contributed by atoms with Gasteiger partial charge in [-0.15, -0.1) is 0 Å². The Hall–Kier alpha value is -0.650. The second-order valence-corrected chi connectivity index (χ2v) is 13.5. The van der Waals surface area contributed by atoms with Crippen molar-refractivity contribution in [1.29, 1.82) is 0 Å². The van der Waals surface area contributed by atoms with Gasteiger partial charge in [-0.1, -0.05) is 194 Å². The van der Waals surface area contributed by atoms with Crippen molar-refractivity contribution < 1.29 is 20.1 Å². The Morgan fingerprint density at radius 1 is 0.488 bits per heavy atom. The number of unbranched alkanes of at least 4 members (excludes halogenated alkanes) is 27. The number of hydrogen-bond acceptors (Lipinski definition) is 4. The number of carbonyl (C=O) groups is 1. The smallest absolute Gasteiger partial charge is 0.220 e. The van der Waals surface area contributed by atoms with E-state index in [2.05, 4.69) is 19.2 Å². The minimum absolute atomic E-state index is 0.146. The molecule has 0 aliphatic rings. The molecule has 0 spiro atoms. The maximum absolute atomic E-state index is 12.3. The quantitative estimate of drug-likeness (QED) is 0.0537. The van der Waals surface area contributed by atoms with Gasteiger partial charge in [0.2, 0.25) is 5.91 Å². The fraction of sp³-hybridized carbons (Fsp3) is 0.974. The number of aliphatic hydroxyl groups is 3. The zero-order valence-electron chi connectivity index (χ0n) is 29.1. The third-order valence-electron chi connectivity index (χ3n) is 9.21. The molecule has 5 heteroatoms. The lowest BCUT2D eigenvalue weighted by Crippen LogP contribution is -2.50. The maximum atomic E-state index is 12.3. The standard InChI is InChI=1S/C38H77NO4/c1-3-5-7-9-11-13-14-15-16-17-18-19-20-21-22-23-25-26-28-30-32-36(41)38(43)35(34-40)39-37(42)33-31-29-27-24-12-10-8-6-4-2/h35-36,38,40-41,43H,3-34H2,1-2H3,(H,39,42). The first-order chi connectivity index (χ1) is 21.1. The van der Waals surface area contributed by atoms with Crippen molar-refractivity contribution in [3.63, 3.8) is 0 Å². The van der Waals surface area contributed by atoms with Crippen LogP contribution in [0.25, 0.3) is 0 Å². The molecule has 5 nitrogen and oxygen atoms in total. The van der Waals surface area contributed by atoms with Gasteiger partial charge in [0.25, 0.3) is 0 Å². The molecule has 3 atom stereocenters. The monoisotopic (exact) mass is 612 g/mol. The van der Waals surface area contributed by atoms with E-state index in [1.807, 2.05) is 0 Å². The van der Waals surface area contributed by atoms with Crippen LogP contribution >= 0.6 is 0 Å². The summed E-state index contributed by atoms with van der Waals surface area (Å²) in [6, 6.07) is -0.800. The Kier molecular flexibility index (Phi) is 33.7. The van der Waals surface area contributed by atoms with Crippen LogP contribution in [0, 0.1) is 0 Å². The van der Waals surface area contributed by atoms with E-state index in [1.165, 1.54) is 154 Å². The summed E-state index contributed by atoms with van der Waals surface area (Å²) in [5.41, 5.74) is 0. The van der Waals surface area contributed by atoms with Crippen LogP contribution in [-0.4, -0.2) is 46.1 Å². The molecule has 0 aromatic rings. The highest BCUT2D eigenvalue weighted by atomic mass is 16.3. The molecule has 258 valence electrons. The summed E-state index contributed by atoms with van der Waals surface area (Å²) in [5.74, 6) is -0.146. The van der Waals surface area contributed by atoms with Gasteiger partial charge < -0.3 is 20.6 Å². The van der Waals surface area contributed by atoms with Crippen LogP contribution in [0.2, 0.25) is 0 Å². The minimum atomic E-state index is -1.13. The third-order valence-corrected chi connectivity index (χ3v) is 9.21. The Labute approximate surface area is 268 Å². The van der Waals surface area contributed by atoms with Gasteiger partial charge in [0.15, 0.2) is 0 Å². The fourth-order valence-electron chi connectivity index (χ4n) is 6.16. The number of hydrogen-bond donors (Lipinski definition) is 4. The molecule has 0 aliphatic heterocycles. The van der Waals surface area contributed by atoms with Gasteiger partial charge in [-0.3, -0.25) is 4.79 Å². The van der Waals surface area contributed by atoms with E-state index >= 15 is 0 Å². The molecule has 0 rings (SSSR count). The van der Waals surface area contributed by atoms with Crippen LogP contribution in [0.3, 0.4) is 0 Å². The van der Waals surface area contributed by atoms with Crippen molar-refractivity contribution in [2.75, 3.05) is 6.61 Å². The van der Waals surface area contributed by atoms with Gasteiger partial charge in [0.05, 0.1) is 18.8 Å². The predicted molar refractivity (Wildman–Crippen MR) is 186 cm³/mol. The molecule has 0 fully saturated rings. The second kappa shape index (κ2) is 34.2. The molecule has 1 amide bonds. The largest absolute Gasteiger partial charge is 0.394 e. The van der Waals surface area contributed by atoms with Crippen LogP contribution in [0.4, 0.5) is 0 Å². The van der Waals surface area contributed by atoms with Gasteiger partial charge in [0.1, 0.15) is 6.10 Å². The molecular weight excluding hydrogens is 534 g/mol. The lowest BCUT2D eigenvalue weighted by molar-refractivity contribution is -0.124. The molecule has 43 heavy (non-hydrogen) atoms. The lowest BCUT2D eigenvalue weighted by Gasteiger charge is -2.26. The van der Waals surface area contributed by atoms with E-state index in [9.17, 15) is 20.1 Å². The summed E-state index contributed by atoms with van der Waals surface area (Å²) in [6.07, 6.45) is 36.3. The average Bonchev–Trinajstić information content (AvgIpc) is 3.01. The first-order valence-electron chi connectivity index (χ1n) is 19.3. The number of amides is 1. The highest BCUT2D eigenvalue weighted by molar-refractivity contribution is 5.76. The molecule has 0 aliphatic carbocycles. The Balaban J connectivity index is 3.58. The summed E-state index contributed by atoms with van der Waals surface area (Å²) >= 11 is 0. The van der Waals surface area contributed by atoms with Crippen molar-refractivity contribution in [2.24, 2.45) is 0 Å². The van der Waals surface area contributed by atoms with Crippen LogP contribution in [0.1, 0.15) is 213 Å². The van der Waals surface area contributed by atoms with Crippen molar-refractivity contribution in [2.45, 2.75) is 231 Å². The molecule has 0 bridgehead atoms. The van der Waals surface area contributed by atoms with Gasteiger partial charge in [0, 0.05) is 6.42 Å². The highest BCUT2D eigenvalue weighted by Crippen LogP contribution is 2.16. The Morgan fingerprint density at radius 3 is 1.12 bits per heavy atom. The van der Waals surface area contributed by atoms with E-state index < -0.39 is 18.2 Å². The van der Waals surface area contributed by atoms with Crippen LogP contribution < -0.4 is 5.32 Å². The summed E-state index contributed by atoms with van der Waals surface area (Å²) in [6.45, 7) is 4.16. The molecule has 0 radical (unpaired) electrons. The zero-order valence-corrected chi connectivity index (χ0v) is 29.1. The summed E-state index contributed by atoms with van der Waals surface area (Å²) in [7, 11) is 0. The second-order valence-electron chi connectivity index (χ2n) is 13.5. The molecule has 0 saturated heterocycles. The van der Waals surface area contributed by atoms with E-state index in [1.54, 1.807) is 0 Å². The molecular formula is C38H77NO4. The number of rotatable bonds is 35. The summed E-state index contributed by atoms with van der Waals surface area (Å²) < 4.78 is 0. The Morgan fingerprint density at radius 2 is 0.791 bits per heavy atom. The van der Waals surface area contributed by atoms with E-state index in [0.29, 0.717) is 12.8 Å². The highest BCUT2D eigenvalue weighted by Gasteiger charge is 2.26. The SMILES string of the molecule is CCCCCCCCCCCCCCCCCCCCCCC(O)C(O)C(CO)NC(=O)CCCCCCCCCCC. The van der Waals surface area contributed by atoms with Crippen molar-refractivity contribution in [3.05, 3.63) is 0 Å². The normalized spacial score (nSPS) is 13.7. The molecule has 0 heterocycles. The van der Waals surface area contributed by atoms with Crippen LogP contribution in [-0.2, 0) is 4.79 Å².